The maximum Gasteiger partial charge on any atom is 0.0637 e. The fourth-order valence-electron chi connectivity index (χ4n) is 2.88. The van der Waals surface area contributed by atoms with Crippen LogP contribution in [0.1, 0.15) is 45.1 Å². The summed E-state index contributed by atoms with van der Waals surface area (Å²) < 4.78 is 0. The second-order valence-electron chi connectivity index (χ2n) is 6.29. The molecule has 0 spiro atoms. The lowest BCUT2D eigenvalue weighted by Gasteiger charge is -2.27. The fraction of sp³-hybridized carbons (Fsp3) is 0.647. The average Bonchev–Trinajstić information content (AvgIpc) is 2.61. The summed E-state index contributed by atoms with van der Waals surface area (Å²) in [5.74, 6) is 0. The van der Waals surface area contributed by atoms with Crippen molar-refractivity contribution < 1.29 is 5.11 Å². The molecule has 1 aromatic carbocycles. The Bertz CT molecular complexity index is 462. The van der Waals surface area contributed by atoms with Crippen LogP contribution in [0.4, 0.5) is 5.69 Å². The summed E-state index contributed by atoms with van der Waals surface area (Å²) in [6, 6.07) is 6.13. The lowest BCUT2D eigenvalue weighted by atomic mass is 9.98. The highest BCUT2D eigenvalue weighted by atomic mass is 35.5. The molecule has 118 valence electrons. The van der Waals surface area contributed by atoms with E-state index in [9.17, 15) is 5.11 Å². The van der Waals surface area contributed by atoms with Crippen LogP contribution in [0.25, 0.3) is 0 Å². The van der Waals surface area contributed by atoms with Crippen molar-refractivity contribution in [1.29, 1.82) is 0 Å². The maximum atomic E-state index is 10.3. The van der Waals surface area contributed by atoms with Gasteiger partial charge in [-0.1, -0.05) is 24.6 Å². The summed E-state index contributed by atoms with van der Waals surface area (Å²) in [6.45, 7) is 7.88. The van der Waals surface area contributed by atoms with E-state index in [0.717, 1.165) is 56.9 Å². The lowest BCUT2D eigenvalue weighted by molar-refractivity contribution is 0.0481. The molecule has 1 heterocycles. The van der Waals surface area contributed by atoms with Crippen LogP contribution < -0.4 is 10.2 Å². The molecule has 0 amide bonds. The van der Waals surface area contributed by atoms with E-state index >= 15 is 0 Å². The van der Waals surface area contributed by atoms with Crippen LogP contribution in [0.3, 0.4) is 0 Å². The average molecular weight is 311 g/mol. The first-order chi connectivity index (χ1) is 10.0. The van der Waals surface area contributed by atoms with Crippen LogP contribution in [-0.4, -0.2) is 30.3 Å². The van der Waals surface area contributed by atoms with Gasteiger partial charge in [0.25, 0.3) is 0 Å². The van der Waals surface area contributed by atoms with Crippen molar-refractivity contribution in [2.45, 2.75) is 51.7 Å². The highest BCUT2D eigenvalue weighted by molar-refractivity contribution is 6.30. The van der Waals surface area contributed by atoms with Gasteiger partial charge in [-0.2, -0.15) is 0 Å². The molecule has 1 fully saturated rings. The first-order valence-corrected chi connectivity index (χ1v) is 8.36. The Balaban J connectivity index is 2.14. The molecule has 4 heteroatoms. The molecular formula is C17H27ClN2O. The third-order valence-electron chi connectivity index (χ3n) is 4.19. The molecule has 21 heavy (non-hydrogen) atoms. The predicted molar refractivity (Wildman–Crippen MR) is 90.1 cm³/mol. The van der Waals surface area contributed by atoms with E-state index in [4.69, 9.17) is 11.6 Å². The zero-order valence-electron chi connectivity index (χ0n) is 13.2. The van der Waals surface area contributed by atoms with Gasteiger partial charge in [0.15, 0.2) is 0 Å². The molecule has 0 saturated carbocycles. The van der Waals surface area contributed by atoms with Crippen LogP contribution in [-0.2, 0) is 6.54 Å². The Morgan fingerprint density at radius 3 is 2.90 bits per heavy atom. The van der Waals surface area contributed by atoms with Gasteiger partial charge in [0.05, 0.1) is 5.60 Å². The van der Waals surface area contributed by atoms with E-state index in [1.807, 2.05) is 13.0 Å². The molecule has 1 aliphatic rings. The van der Waals surface area contributed by atoms with Gasteiger partial charge < -0.3 is 15.3 Å². The Morgan fingerprint density at radius 1 is 1.33 bits per heavy atom. The standard InChI is InChI=1S/C17H27ClN2O/c1-3-9-19-13-14-5-6-15(18)12-16(14)20-10-4-7-17(2,21)8-11-20/h5-6,12,19,21H,3-4,7-11,13H2,1-2H3. The zero-order valence-corrected chi connectivity index (χ0v) is 13.9. The van der Waals surface area contributed by atoms with Crippen molar-refractivity contribution in [1.82, 2.24) is 5.32 Å². The molecule has 0 aliphatic carbocycles. The summed E-state index contributed by atoms with van der Waals surface area (Å²) in [5, 5.41) is 14.5. The largest absolute Gasteiger partial charge is 0.390 e. The van der Waals surface area contributed by atoms with Crippen molar-refractivity contribution in [3.05, 3.63) is 28.8 Å². The van der Waals surface area contributed by atoms with E-state index in [0.29, 0.717) is 0 Å². The number of benzene rings is 1. The van der Waals surface area contributed by atoms with Gasteiger partial charge in [-0.3, -0.25) is 0 Å². The summed E-state index contributed by atoms with van der Waals surface area (Å²) in [5.41, 5.74) is 1.96. The third kappa shape index (κ3) is 4.87. The molecular weight excluding hydrogens is 284 g/mol. The Morgan fingerprint density at radius 2 is 2.14 bits per heavy atom. The van der Waals surface area contributed by atoms with Crippen molar-refractivity contribution >= 4 is 17.3 Å². The Kier molecular flexibility index (Phi) is 5.91. The van der Waals surface area contributed by atoms with E-state index in [2.05, 4.69) is 29.3 Å². The number of anilines is 1. The predicted octanol–water partition coefficient (Wildman–Crippen LogP) is 3.58. The Labute approximate surface area is 133 Å². The minimum Gasteiger partial charge on any atom is -0.390 e. The van der Waals surface area contributed by atoms with Crippen LogP contribution in [0, 0.1) is 0 Å². The minimum absolute atomic E-state index is 0.534. The first kappa shape index (κ1) is 16.6. The maximum absolute atomic E-state index is 10.3. The molecule has 0 aromatic heterocycles. The highest BCUT2D eigenvalue weighted by Crippen LogP contribution is 2.29. The number of aliphatic hydroxyl groups is 1. The lowest BCUT2D eigenvalue weighted by Crippen LogP contribution is -2.29. The van der Waals surface area contributed by atoms with Crippen molar-refractivity contribution in [2.24, 2.45) is 0 Å². The number of hydrogen-bond acceptors (Lipinski definition) is 3. The number of hydrogen-bond donors (Lipinski definition) is 2. The Hall–Kier alpha value is -0.770. The molecule has 2 rings (SSSR count). The van der Waals surface area contributed by atoms with Crippen molar-refractivity contribution in [3.63, 3.8) is 0 Å². The van der Waals surface area contributed by atoms with E-state index < -0.39 is 5.60 Å². The zero-order chi connectivity index (χ0) is 15.3. The van der Waals surface area contributed by atoms with E-state index in [1.54, 1.807) is 0 Å². The highest BCUT2D eigenvalue weighted by Gasteiger charge is 2.25. The van der Waals surface area contributed by atoms with Crippen molar-refractivity contribution in [2.75, 3.05) is 24.5 Å². The molecule has 1 unspecified atom stereocenters. The topological polar surface area (TPSA) is 35.5 Å². The molecule has 1 saturated heterocycles. The molecule has 1 aliphatic heterocycles. The van der Waals surface area contributed by atoms with E-state index in [1.165, 1.54) is 11.3 Å². The molecule has 2 N–H and O–H groups in total. The quantitative estimate of drug-likeness (QED) is 0.816. The SMILES string of the molecule is CCCNCc1ccc(Cl)cc1N1CCCC(C)(O)CC1. The number of rotatable bonds is 5. The van der Waals surface area contributed by atoms with Crippen molar-refractivity contribution in [3.8, 4) is 0 Å². The molecule has 1 atom stereocenters. The normalized spacial score (nSPS) is 23.1. The van der Waals surface area contributed by atoms with Gasteiger partial charge >= 0.3 is 0 Å². The molecule has 0 bridgehead atoms. The smallest absolute Gasteiger partial charge is 0.0637 e. The summed E-state index contributed by atoms with van der Waals surface area (Å²) in [6.07, 6.45) is 3.83. The van der Waals surface area contributed by atoms with Gasteiger partial charge in [0.1, 0.15) is 0 Å². The number of halogens is 1. The second kappa shape index (κ2) is 7.48. The van der Waals surface area contributed by atoms with Crippen LogP contribution in [0.2, 0.25) is 5.02 Å². The molecule has 3 nitrogen and oxygen atoms in total. The molecule has 1 aromatic rings. The fourth-order valence-corrected chi connectivity index (χ4v) is 3.05. The van der Waals surface area contributed by atoms with Gasteiger partial charge in [0.2, 0.25) is 0 Å². The van der Waals surface area contributed by atoms with Gasteiger partial charge in [-0.25, -0.2) is 0 Å². The number of nitrogens with one attached hydrogen (secondary N) is 1. The summed E-state index contributed by atoms with van der Waals surface area (Å²) >= 11 is 6.20. The molecule has 0 radical (unpaired) electrons. The van der Waals surface area contributed by atoms with Crippen LogP contribution in [0.5, 0.6) is 0 Å². The third-order valence-corrected chi connectivity index (χ3v) is 4.43. The number of nitrogens with zero attached hydrogens (tertiary/aromatic N) is 1. The minimum atomic E-state index is -0.534. The van der Waals surface area contributed by atoms with Gasteiger partial charge in [-0.15, -0.1) is 0 Å². The van der Waals surface area contributed by atoms with E-state index in [-0.39, 0.29) is 0 Å². The van der Waals surface area contributed by atoms with Gasteiger partial charge in [-0.05, 0) is 56.8 Å². The summed E-state index contributed by atoms with van der Waals surface area (Å²) in [7, 11) is 0. The first-order valence-electron chi connectivity index (χ1n) is 7.98. The van der Waals surface area contributed by atoms with Gasteiger partial charge in [0, 0.05) is 30.3 Å². The second-order valence-corrected chi connectivity index (χ2v) is 6.72. The van der Waals surface area contributed by atoms with Crippen LogP contribution in [0.15, 0.2) is 18.2 Å². The monoisotopic (exact) mass is 310 g/mol. The summed E-state index contributed by atoms with van der Waals surface area (Å²) in [4.78, 5) is 2.37. The van der Waals surface area contributed by atoms with Crippen LogP contribution >= 0.6 is 11.6 Å².